The first kappa shape index (κ1) is 14.6. The number of imidazole rings is 1. The highest BCUT2D eigenvalue weighted by Crippen LogP contribution is 2.20. The van der Waals surface area contributed by atoms with E-state index in [1.807, 2.05) is 31.5 Å². The summed E-state index contributed by atoms with van der Waals surface area (Å²) in [5.41, 5.74) is 3.16. The van der Waals surface area contributed by atoms with Gasteiger partial charge >= 0.3 is 5.97 Å². The summed E-state index contributed by atoms with van der Waals surface area (Å²) in [6.45, 7) is 4.68. The number of pyridine rings is 1. The molecule has 106 valence electrons. The quantitative estimate of drug-likeness (QED) is 0.828. The minimum absolute atomic E-state index is 0.0202. The Morgan fingerprint density at radius 1 is 1.35 bits per heavy atom. The number of carboxylic acids is 1. The van der Waals surface area contributed by atoms with Crippen LogP contribution >= 0.6 is 11.8 Å². The van der Waals surface area contributed by atoms with Crippen molar-refractivity contribution < 1.29 is 9.90 Å². The maximum absolute atomic E-state index is 10.7. The summed E-state index contributed by atoms with van der Waals surface area (Å²) in [4.78, 5) is 19.3. The van der Waals surface area contributed by atoms with Crippen LogP contribution in [-0.2, 0) is 17.8 Å². The molecule has 0 saturated carbocycles. The number of nitrogens with zero attached hydrogens (tertiary/aromatic N) is 3. The number of thioether (sulfide) groups is 1. The Hall–Kier alpha value is -1.82. The van der Waals surface area contributed by atoms with Crippen LogP contribution in [0.15, 0.2) is 29.7 Å². The first-order chi connectivity index (χ1) is 9.60. The molecule has 2 heterocycles. The number of aryl methyl sites for hydroxylation is 2. The fourth-order valence-electron chi connectivity index (χ4n) is 1.86. The smallest absolute Gasteiger partial charge is 0.313 e. The van der Waals surface area contributed by atoms with E-state index in [4.69, 9.17) is 5.11 Å². The second-order valence-corrected chi connectivity index (χ2v) is 5.40. The molecule has 0 aliphatic carbocycles. The van der Waals surface area contributed by atoms with Gasteiger partial charge in [-0.1, -0.05) is 24.8 Å². The predicted molar refractivity (Wildman–Crippen MR) is 78.0 cm³/mol. The highest BCUT2D eigenvalue weighted by atomic mass is 32.2. The van der Waals surface area contributed by atoms with Gasteiger partial charge in [0.25, 0.3) is 0 Å². The summed E-state index contributed by atoms with van der Waals surface area (Å²) in [6.07, 6.45) is 4.52. The minimum atomic E-state index is -0.834. The summed E-state index contributed by atoms with van der Waals surface area (Å²) in [7, 11) is 0. The van der Waals surface area contributed by atoms with Crippen LogP contribution in [-0.4, -0.2) is 31.4 Å². The Morgan fingerprint density at radius 3 is 2.75 bits per heavy atom. The number of rotatable bonds is 6. The van der Waals surface area contributed by atoms with E-state index < -0.39 is 5.97 Å². The molecule has 2 aromatic rings. The van der Waals surface area contributed by atoms with Gasteiger partial charge < -0.3 is 9.67 Å². The molecule has 0 atom stereocenters. The molecular formula is C14H17N3O2S. The van der Waals surface area contributed by atoms with E-state index in [0.29, 0.717) is 6.54 Å². The lowest BCUT2D eigenvalue weighted by molar-refractivity contribution is -0.133. The van der Waals surface area contributed by atoms with Gasteiger partial charge in [0.1, 0.15) is 0 Å². The van der Waals surface area contributed by atoms with E-state index >= 15 is 0 Å². The van der Waals surface area contributed by atoms with Crippen LogP contribution in [0.1, 0.15) is 23.9 Å². The Labute approximate surface area is 122 Å². The number of hydrogen-bond acceptors (Lipinski definition) is 4. The third kappa shape index (κ3) is 3.60. The number of carbonyl (C=O) groups is 1. The molecule has 6 heteroatoms. The van der Waals surface area contributed by atoms with Crippen LogP contribution in [0.3, 0.4) is 0 Å². The zero-order chi connectivity index (χ0) is 14.5. The zero-order valence-electron chi connectivity index (χ0n) is 11.5. The molecule has 0 bridgehead atoms. The van der Waals surface area contributed by atoms with Gasteiger partial charge in [-0.05, 0) is 25.0 Å². The molecule has 0 fully saturated rings. The fraction of sp³-hybridized carbons (Fsp3) is 0.357. The van der Waals surface area contributed by atoms with Crippen molar-refractivity contribution in [1.82, 2.24) is 14.5 Å². The van der Waals surface area contributed by atoms with Gasteiger partial charge in [-0.3, -0.25) is 9.78 Å². The number of aliphatic carboxylic acids is 1. The molecule has 0 saturated heterocycles. The molecule has 0 aliphatic rings. The topological polar surface area (TPSA) is 68.0 Å². The first-order valence-corrected chi connectivity index (χ1v) is 7.39. The predicted octanol–water partition coefficient (Wildman–Crippen LogP) is 2.37. The van der Waals surface area contributed by atoms with Crippen LogP contribution in [0, 0.1) is 6.92 Å². The molecule has 2 aromatic heterocycles. The van der Waals surface area contributed by atoms with Gasteiger partial charge in [0, 0.05) is 23.8 Å². The average molecular weight is 291 g/mol. The molecule has 20 heavy (non-hydrogen) atoms. The molecular weight excluding hydrogens is 274 g/mol. The molecule has 0 radical (unpaired) electrons. The minimum Gasteiger partial charge on any atom is -0.481 e. The SMILES string of the molecule is CCc1cnc(SCC(=O)O)n1Cc1ccc(C)nc1. The summed E-state index contributed by atoms with van der Waals surface area (Å²) in [6, 6.07) is 4.01. The van der Waals surface area contributed by atoms with E-state index in [9.17, 15) is 4.79 Å². The van der Waals surface area contributed by atoms with Crippen LogP contribution in [0.4, 0.5) is 0 Å². The van der Waals surface area contributed by atoms with Crippen molar-refractivity contribution in [2.45, 2.75) is 32.0 Å². The summed E-state index contributed by atoms with van der Waals surface area (Å²) >= 11 is 1.25. The van der Waals surface area contributed by atoms with E-state index in [0.717, 1.165) is 28.5 Å². The molecule has 0 unspecified atom stereocenters. The number of aromatic nitrogens is 3. The lowest BCUT2D eigenvalue weighted by atomic mass is 10.2. The van der Waals surface area contributed by atoms with Crippen molar-refractivity contribution in [2.24, 2.45) is 0 Å². The Morgan fingerprint density at radius 2 is 2.15 bits per heavy atom. The lowest BCUT2D eigenvalue weighted by Gasteiger charge is -2.10. The van der Waals surface area contributed by atoms with Crippen molar-refractivity contribution in [3.8, 4) is 0 Å². The van der Waals surface area contributed by atoms with E-state index in [1.165, 1.54) is 11.8 Å². The number of hydrogen-bond donors (Lipinski definition) is 1. The van der Waals surface area contributed by atoms with Crippen molar-refractivity contribution in [2.75, 3.05) is 5.75 Å². The van der Waals surface area contributed by atoms with Gasteiger partial charge in [0.15, 0.2) is 5.16 Å². The molecule has 0 aromatic carbocycles. The van der Waals surface area contributed by atoms with E-state index in [1.54, 1.807) is 0 Å². The zero-order valence-corrected chi connectivity index (χ0v) is 12.4. The molecule has 0 amide bonds. The number of carboxylic acid groups (broad SMARTS) is 1. The van der Waals surface area contributed by atoms with Gasteiger partial charge in [0.05, 0.1) is 12.3 Å². The van der Waals surface area contributed by atoms with Crippen LogP contribution < -0.4 is 0 Å². The maximum Gasteiger partial charge on any atom is 0.313 e. The van der Waals surface area contributed by atoms with Gasteiger partial charge in [0.2, 0.25) is 0 Å². The summed E-state index contributed by atoms with van der Waals surface area (Å²) in [5.74, 6) is -0.814. The average Bonchev–Trinajstić information content (AvgIpc) is 2.81. The largest absolute Gasteiger partial charge is 0.481 e. The van der Waals surface area contributed by atoms with Crippen LogP contribution in [0.5, 0.6) is 0 Å². The fourth-order valence-corrected chi connectivity index (χ4v) is 2.58. The van der Waals surface area contributed by atoms with Gasteiger partial charge in [-0.25, -0.2) is 4.98 Å². The third-order valence-corrected chi connectivity index (χ3v) is 3.88. The summed E-state index contributed by atoms with van der Waals surface area (Å²) < 4.78 is 2.06. The van der Waals surface area contributed by atoms with Gasteiger partial charge in [-0.15, -0.1) is 0 Å². The molecule has 1 N–H and O–H groups in total. The highest BCUT2D eigenvalue weighted by molar-refractivity contribution is 7.99. The van der Waals surface area contributed by atoms with Crippen molar-refractivity contribution >= 4 is 17.7 Å². The Bertz CT molecular complexity index is 593. The van der Waals surface area contributed by atoms with Crippen molar-refractivity contribution in [3.05, 3.63) is 41.5 Å². The highest BCUT2D eigenvalue weighted by Gasteiger charge is 2.11. The van der Waals surface area contributed by atoms with Crippen LogP contribution in [0.25, 0.3) is 0 Å². The van der Waals surface area contributed by atoms with Gasteiger partial charge in [-0.2, -0.15) is 0 Å². The maximum atomic E-state index is 10.7. The monoisotopic (exact) mass is 291 g/mol. The Balaban J connectivity index is 2.21. The van der Waals surface area contributed by atoms with Crippen molar-refractivity contribution in [1.29, 1.82) is 0 Å². The molecule has 5 nitrogen and oxygen atoms in total. The lowest BCUT2D eigenvalue weighted by Crippen LogP contribution is -2.07. The molecule has 0 aliphatic heterocycles. The normalized spacial score (nSPS) is 10.7. The Kier molecular flexibility index (Phi) is 4.79. The van der Waals surface area contributed by atoms with Crippen molar-refractivity contribution in [3.63, 3.8) is 0 Å². The summed E-state index contributed by atoms with van der Waals surface area (Å²) in [5, 5.41) is 9.52. The van der Waals surface area contributed by atoms with E-state index in [2.05, 4.69) is 21.5 Å². The second-order valence-electron chi connectivity index (χ2n) is 4.46. The van der Waals surface area contributed by atoms with Crippen LogP contribution in [0.2, 0.25) is 0 Å². The second kappa shape index (κ2) is 6.56. The molecule has 0 spiro atoms. The standard InChI is InChI=1S/C14H17N3O2S/c1-3-12-7-16-14(20-9-13(18)19)17(12)8-11-5-4-10(2)15-6-11/h4-7H,3,8-9H2,1-2H3,(H,18,19). The molecule has 2 rings (SSSR count). The first-order valence-electron chi connectivity index (χ1n) is 6.40. The van der Waals surface area contributed by atoms with E-state index in [-0.39, 0.29) is 5.75 Å². The third-order valence-electron chi connectivity index (χ3n) is 2.90.